The number of phenolic OH excluding ortho intramolecular Hbond substituents is 1. The molecule has 15 heavy (non-hydrogen) atoms. The molecule has 0 aliphatic heterocycles. The van der Waals surface area contributed by atoms with Crippen LogP contribution in [0.5, 0.6) is 11.5 Å². The largest absolute Gasteiger partial charge is 0.504 e. The van der Waals surface area contributed by atoms with Crippen LogP contribution >= 0.6 is 24.0 Å². The molecular weight excluding hydrogens is 239 g/mol. The van der Waals surface area contributed by atoms with Crippen LogP contribution in [0.25, 0.3) is 10.9 Å². The molecule has 0 aliphatic carbocycles. The fourth-order valence-corrected chi connectivity index (χ4v) is 1.40. The molecule has 80 valence electrons. The van der Waals surface area contributed by atoms with Crippen LogP contribution < -0.4 is 4.74 Å². The Morgan fingerprint density at radius 3 is 2.73 bits per heavy atom. The van der Waals surface area contributed by atoms with Gasteiger partial charge in [0.05, 0.1) is 12.6 Å². The van der Waals surface area contributed by atoms with E-state index in [0.717, 1.165) is 0 Å². The van der Waals surface area contributed by atoms with Gasteiger partial charge in [-0.25, -0.2) is 9.97 Å². The Kier molecular flexibility index (Phi) is 3.55. The lowest BCUT2D eigenvalue weighted by atomic mass is 10.2. The van der Waals surface area contributed by atoms with Gasteiger partial charge in [-0.1, -0.05) is 11.6 Å². The molecule has 1 N–H and O–H groups in total. The number of ether oxygens (including phenoxy) is 1. The summed E-state index contributed by atoms with van der Waals surface area (Å²) in [7, 11) is 1.47. The van der Waals surface area contributed by atoms with Gasteiger partial charge in [0.1, 0.15) is 11.5 Å². The zero-order chi connectivity index (χ0) is 10.1. The molecule has 2 aromatic rings. The van der Waals surface area contributed by atoms with Crippen molar-refractivity contribution in [1.29, 1.82) is 0 Å². The number of hydrogen-bond donors (Lipinski definition) is 1. The number of hydrogen-bond acceptors (Lipinski definition) is 4. The molecule has 6 heteroatoms. The monoisotopic (exact) mass is 246 g/mol. The van der Waals surface area contributed by atoms with E-state index in [1.165, 1.54) is 19.5 Å². The molecule has 4 nitrogen and oxygen atoms in total. The maximum Gasteiger partial charge on any atom is 0.161 e. The van der Waals surface area contributed by atoms with Crippen LogP contribution in [-0.2, 0) is 0 Å². The van der Waals surface area contributed by atoms with Crippen molar-refractivity contribution in [2.24, 2.45) is 0 Å². The molecule has 0 amide bonds. The number of benzene rings is 1. The van der Waals surface area contributed by atoms with Gasteiger partial charge in [0, 0.05) is 11.5 Å². The number of methoxy groups -OCH3 is 1. The molecule has 0 saturated heterocycles. The highest BCUT2D eigenvalue weighted by atomic mass is 35.5. The Morgan fingerprint density at radius 2 is 2.07 bits per heavy atom. The Balaban J connectivity index is 0.00000112. The maximum atomic E-state index is 9.47. The first kappa shape index (κ1) is 11.8. The molecule has 0 atom stereocenters. The molecule has 0 aliphatic rings. The molecule has 2 rings (SSSR count). The zero-order valence-corrected chi connectivity index (χ0v) is 9.34. The fourth-order valence-electron chi connectivity index (χ4n) is 1.20. The second-order valence-electron chi connectivity index (χ2n) is 2.71. The smallest absolute Gasteiger partial charge is 0.161 e. The van der Waals surface area contributed by atoms with E-state index in [0.29, 0.717) is 21.8 Å². The van der Waals surface area contributed by atoms with Crippen LogP contribution in [-0.4, -0.2) is 22.2 Å². The van der Waals surface area contributed by atoms with E-state index in [9.17, 15) is 5.11 Å². The maximum absolute atomic E-state index is 9.47. The summed E-state index contributed by atoms with van der Waals surface area (Å²) in [6, 6.07) is 3.09. The molecule has 0 spiro atoms. The van der Waals surface area contributed by atoms with Crippen molar-refractivity contribution in [3.63, 3.8) is 0 Å². The normalized spacial score (nSPS) is 9.73. The average molecular weight is 247 g/mol. The Labute approximate surface area is 97.3 Å². The minimum atomic E-state index is 0. The van der Waals surface area contributed by atoms with Crippen LogP contribution in [0.2, 0.25) is 5.15 Å². The number of rotatable bonds is 1. The summed E-state index contributed by atoms with van der Waals surface area (Å²) in [5.74, 6) is 0.393. The minimum absolute atomic E-state index is 0. The molecule has 1 heterocycles. The van der Waals surface area contributed by atoms with Crippen LogP contribution in [0.1, 0.15) is 0 Å². The molecular formula is C9H8Cl2N2O2. The highest BCUT2D eigenvalue weighted by Gasteiger charge is 2.07. The van der Waals surface area contributed by atoms with E-state index >= 15 is 0 Å². The van der Waals surface area contributed by atoms with E-state index < -0.39 is 0 Å². The van der Waals surface area contributed by atoms with Gasteiger partial charge in [-0.2, -0.15) is 0 Å². The van der Waals surface area contributed by atoms with Crippen molar-refractivity contribution in [2.75, 3.05) is 7.11 Å². The van der Waals surface area contributed by atoms with Gasteiger partial charge in [0.25, 0.3) is 0 Å². The molecule has 1 aromatic heterocycles. The van der Waals surface area contributed by atoms with Crippen molar-refractivity contribution in [1.82, 2.24) is 9.97 Å². The van der Waals surface area contributed by atoms with Gasteiger partial charge in [-0.05, 0) is 6.07 Å². The second kappa shape index (κ2) is 4.51. The summed E-state index contributed by atoms with van der Waals surface area (Å²) in [6.45, 7) is 0. The molecule has 1 aromatic carbocycles. The summed E-state index contributed by atoms with van der Waals surface area (Å²) < 4.78 is 4.94. The lowest BCUT2D eigenvalue weighted by Gasteiger charge is -2.05. The second-order valence-corrected chi connectivity index (χ2v) is 3.06. The highest BCUT2D eigenvalue weighted by Crippen LogP contribution is 2.32. The third kappa shape index (κ3) is 2.06. The van der Waals surface area contributed by atoms with Crippen LogP contribution in [0.4, 0.5) is 0 Å². The van der Waals surface area contributed by atoms with E-state index in [1.807, 2.05) is 0 Å². The number of nitrogens with zero attached hydrogens (tertiary/aromatic N) is 2. The first-order chi connectivity index (χ1) is 6.72. The highest BCUT2D eigenvalue weighted by molar-refractivity contribution is 6.34. The predicted molar refractivity (Wildman–Crippen MR) is 60.0 cm³/mol. The summed E-state index contributed by atoms with van der Waals surface area (Å²) in [6.07, 6.45) is 1.34. The van der Waals surface area contributed by atoms with E-state index in [4.69, 9.17) is 16.3 Å². The first-order valence-electron chi connectivity index (χ1n) is 3.89. The Morgan fingerprint density at radius 1 is 1.33 bits per heavy atom. The average Bonchev–Trinajstić information content (AvgIpc) is 2.17. The summed E-state index contributed by atoms with van der Waals surface area (Å²) in [5, 5.41) is 10.5. The van der Waals surface area contributed by atoms with Crippen molar-refractivity contribution in [3.8, 4) is 11.5 Å². The third-order valence-corrected chi connectivity index (χ3v) is 2.19. The molecule has 0 fully saturated rings. The first-order valence-corrected chi connectivity index (χ1v) is 4.27. The summed E-state index contributed by atoms with van der Waals surface area (Å²) in [5.41, 5.74) is 0.586. The minimum Gasteiger partial charge on any atom is -0.504 e. The van der Waals surface area contributed by atoms with E-state index in [-0.39, 0.29) is 18.2 Å². The van der Waals surface area contributed by atoms with E-state index in [2.05, 4.69) is 9.97 Å². The molecule has 0 bridgehead atoms. The summed E-state index contributed by atoms with van der Waals surface area (Å²) >= 11 is 5.85. The van der Waals surface area contributed by atoms with Crippen LogP contribution in [0.15, 0.2) is 18.5 Å². The standard InChI is InChI=1S/C9H7ClN2O2.ClH/c1-14-8-2-5-6(3-7(8)13)11-4-12-9(5)10;/h2-4,13H,1H3;1H. The van der Waals surface area contributed by atoms with Gasteiger partial charge in [0.2, 0.25) is 0 Å². The van der Waals surface area contributed by atoms with E-state index in [1.54, 1.807) is 6.07 Å². The number of aromatic hydroxyl groups is 1. The van der Waals surface area contributed by atoms with Gasteiger partial charge < -0.3 is 9.84 Å². The Hall–Kier alpha value is -1.26. The van der Waals surface area contributed by atoms with Crippen LogP contribution in [0.3, 0.4) is 0 Å². The van der Waals surface area contributed by atoms with Crippen LogP contribution in [0, 0.1) is 0 Å². The van der Waals surface area contributed by atoms with Gasteiger partial charge >= 0.3 is 0 Å². The van der Waals surface area contributed by atoms with Crippen molar-refractivity contribution >= 4 is 34.9 Å². The number of aromatic nitrogens is 2. The predicted octanol–water partition coefficient (Wildman–Crippen LogP) is 2.42. The summed E-state index contributed by atoms with van der Waals surface area (Å²) in [4.78, 5) is 7.80. The number of phenols is 1. The molecule has 0 radical (unpaired) electrons. The lowest BCUT2D eigenvalue weighted by Crippen LogP contribution is -1.87. The SMILES string of the molecule is COc1cc2c(Cl)ncnc2cc1O.Cl. The van der Waals surface area contributed by atoms with Crippen molar-refractivity contribution in [3.05, 3.63) is 23.6 Å². The quantitative estimate of drug-likeness (QED) is 0.786. The van der Waals surface area contributed by atoms with Crippen molar-refractivity contribution in [2.45, 2.75) is 0 Å². The zero-order valence-electron chi connectivity index (χ0n) is 7.77. The van der Waals surface area contributed by atoms with Gasteiger partial charge in [-0.15, -0.1) is 12.4 Å². The molecule has 0 saturated carbocycles. The topological polar surface area (TPSA) is 55.2 Å². The third-order valence-electron chi connectivity index (χ3n) is 1.89. The Bertz CT molecular complexity index is 491. The van der Waals surface area contributed by atoms with Crippen molar-refractivity contribution < 1.29 is 9.84 Å². The fraction of sp³-hybridized carbons (Fsp3) is 0.111. The van der Waals surface area contributed by atoms with Gasteiger partial charge in [0.15, 0.2) is 11.5 Å². The number of fused-ring (bicyclic) bond motifs is 1. The lowest BCUT2D eigenvalue weighted by molar-refractivity contribution is 0.374. The molecule has 0 unspecified atom stereocenters. The van der Waals surface area contributed by atoms with Gasteiger partial charge in [-0.3, -0.25) is 0 Å². The number of halogens is 2.